The van der Waals surface area contributed by atoms with Crippen molar-refractivity contribution >= 4 is 26.0 Å². The zero-order valence-corrected chi connectivity index (χ0v) is 14.1. The lowest BCUT2D eigenvalue weighted by Gasteiger charge is -2.17. The first-order valence-corrected chi connectivity index (χ1v) is 9.12. The number of nitrogens with zero attached hydrogens (tertiary/aromatic N) is 2. The molecule has 116 valence electrons. The van der Waals surface area contributed by atoms with E-state index in [1.807, 2.05) is 6.07 Å². The van der Waals surface area contributed by atoms with E-state index in [4.69, 9.17) is 4.74 Å². The predicted octanol–water partition coefficient (Wildman–Crippen LogP) is 2.69. The third-order valence-electron chi connectivity index (χ3n) is 3.48. The van der Waals surface area contributed by atoms with Gasteiger partial charge in [-0.05, 0) is 40.5 Å². The molecule has 3 rings (SSSR count). The summed E-state index contributed by atoms with van der Waals surface area (Å²) in [6.07, 6.45) is 2.14. The van der Waals surface area contributed by atoms with E-state index >= 15 is 0 Å². The van der Waals surface area contributed by atoms with Gasteiger partial charge < -0.3 is 4.74 Å². The molecule has 1 unspecified atom stereocenters. The van der Waals surface area contributed by atoms with Crippen molar-refractivity contribution in [2.45, 2.75) is 17.4 Å². The van der Waals surface area contributed by atoms with Crippen molar-refractivity contribution in [1.29, 1.82) is 0 Å². The molecule has 2 aromatic rings. The van der Waals surface area contributed by atoms with Gasteiger partial charge in [0, 0.05) is 23.3 Å². The van der Waals surface area contributed by atoms with Gasteiger partial charge in [-0.25, -0.2) is 13.4 Å². The number of pyridine rings is 1. The van der Waals surface area contributed by atoms with Crippen molar-refractivity contribution < 1.29 is 13.2 Å². The Kier molecular flexibility index (Phi) is 4.46. The molecule has 1 atom stereocenters. The van der Waals surface area contributed by atoms with E-state index in [2.05, 4.69) is 20.9 Å². The van der Waals surface area contributed by atoms with Gasteiger partial charge >= 0.3 is 0 Å². The minimum absolute atomic E-state index is 0.174. The maximum atomic E-state index is 12.5. The molecule has 1 saturated heterocycles. The lowest BCUT2D eigenvalue weighted by molar-refractivity contribution is 0.207. The van der Waals surface area contributed by atoms with E-state index in [0.29, 0.717) is 30.3 Å². The van der Waals surface area contributed by atoms with Crippen molar-refractivity contribution in [2.24, 2.45) is 0 Å². The van der Waals surface area contributed by atoms with Crippen LogP contribution in [0.2, 0.25) is 0 Å². The highest BCUT2D eigenvalue weighted by molar-refractivity contribution is 9.10. The van der Waals surface area contributed by atoms with Crippen LogP contribution in [0.4, 0.5) is 0 Å². The zero-order chi connectivity index (χ0) is 15.6. The molecular formula is C15H15BrN2O3S. The van der Waals surface area contributed by atoms with E-state index < -0.39 is 10.0 Å². The van der Waals surface area contributed by atoms with Crippen molar-refractivity contribution in [1.82, 2.24) is 9.29 Å². The Labute approximate surface area is 138 Å². The number of aromatic nitrogens is 1. The molecule has 0 bridgehead atoms. The molecular weight excluding hydrogens is 368 g/mol. The third-order valence-corrected chi connectivity index (χ3v) is 5.82. The Hall–Kier alpha value is -1.44. The van der Waals surface area contributed by atoms with Crippen LogP contribution in [0.5, 0.6) is 5.88 Å². The molecule has 22 heavy (non-hydrogen) atoms. The van der Waals surface area contributed by atoms with Crippen LogP contribution in [0.25, 0.3) is 0 Å². The largest absolute Gasteiger partial charge is 0.473 e. The van der Waals surface area contributed by atoms with Gasteiger partial charge in [-0.1, -0.05) is 18.2 Å². The number of ether oxygens (including phenoxy) is 1. The Bertz CT molecular complexity index is 735. The molecule has 2 heterocycles. The van der Waals surface area contributed by atoms with Crippen molar-refractivity contribution in [3.05, 3.63) is 53.1 Å². The van der Waals surface area contributed by atoms with Gasteiger partial charge in [0.1, 0.15) is 6.10 Å². The Morgan fingerprint density at radius 3 is 2.64 bits per heavy atom. The van der Waals surface area contributed by atoms with Gasteiger partial charge in [0.15, 0.2) is 0 Å². The van der Waals surface area contributed by atoms with Crippen LogP contribution in [0.3, 0.4) is 0 Å². The third kappa shape index (κ3) is 3.31. The van der Waals surface area contributed by atoms with Crippen LogP contribution < -0.4 is 4.74 Å². The molecule has 0 spiro atoms. The number of sulfonamides is 1. The molecule has 0 amide bonds. The van der Waals surface area contributed by atoms with Gasteiger partial charge in [-0.3, -0.25) is 0 Å². The summed E-state index contributed by atoms with van der Waals surface area (Å²) in [6.45, 7) is 0.799. The summed E-state index contributed by atoms with van der Waals surface area (Å²) >= 11 is 3.31. The highest BCUT2D eigenvalue weighted by atomic mass is 79.9. The number of rotatable bonds is 4. The van der Waals surface area contributed by atoms with Gasteiger partial charge in [-0.2, -0.15) is 4.31 Å². The van der Waals surface area contributed by atoms with Gasteiger partial charge in [0.25, 0.3) is 0 Å². The quantitative estimate of drug-likeness (QED) is 0.815. The van der Waals surface area contributed by atoms with Crippen molar-refractivity contribution in [3.8, 4) is 5.88 Å². The molecule has 0 aliphatic carbocycles. The minimum Gasteiger partial charge on any atom is -0.473 e. The van der Waals surface area contributed by atoms with Gasteiger partial charge in [0.2, 0.25) is 15.9 Å². The second kappa shape index (κ2) is 6.36. The normalized spacial score (nSPS) is 19.2. The molecule has 1 aliphatic rings. The number of hydrogen-bond donors (Lipinski definition) is 0. The molecule has 1 fully saturated rings. The predicted molar refractivity (Wildman–Crippen MR) is 86.2 cm³/mol. The van der Waals surface area contributed by atoms with Crippen LogP contribution >= 0.6 is 15.9 Å². The van der Waals surface area contributed by atoms with E-state index in [1.54, 1.807) is 42.6 Å². The van der Waals surface area contributed by atoms with Crippen LogP contribution in [-0.2, 0) is 10.0 Å². The SMILES string of the molecule is O=S(=O)(c1ccccc1)N1CCC(Oc2ccc(Br)cn2)C1. The lowest BCUT2D eigenvalue weighted by Crippen LogP contribution is -2.31. The summed E-state index contributed by atoms with van der Waals surface area (Å²) in [5, 5.41) is 0. The first-order chi connectivity index (χ1) is 10.6. The van der Waals surface area contributed by atoms with Gasteiger partial charge in [0.05, 0.1) is 11.4 Å². The number of benzene rings is 1. The molecule has 7 heteroatoms. The molecule has 0 N–H and O–H groups in total. The second-order valence-corrected chi connectivity index (χ2v) is 7.87. The van der Waals surface area contributed by atoms with Crippen LogP contribution in [0.1, 0.15) is 6.42 Å². The highest BCUT2D eigenvalue weighted by Crippen LogP contribution is 2.23. The fourth-order valence-electron chi connectivity index (χ4n) is 2.36. The minimum atomic E-state index is -3.45. The van der Waals surface area contributed by atoms with E-state index in [-0.39, 0.29) is 6.10 Å². The lowest BCUT2D eigenvalue weighted by atomic mass is 10.3. The van der Waals surface area contributed by atoms with E-state index in [0.717, 1.165) is 4.47 Å². The maximum absolute atomic E-state index is 12.5. The Morgan fingerprint density at radius 1 is 1.18 bits per heavy atom. The molecule has 1 aliphatic heterocycles. The zero-order valence-electron chi connectivity index (χ0n) is 11.7. The van der Waals surface area contributed by atoms with Crippen LogP contribution in [0, 0.1) is 0 Å². The summed E-state index contributed by atoms with van der Waals surface area (Å²) in [7, 11) is -3.45. The summed E-state index contributed by atoms with van der Waals surface area (Å²) in [5.74, 6) is 0.507. The molecule has 0 radical (unpaired) electrons. The van der Waals surface area contributed by atoms with Crippen LogP contribution in [0.15, 0.2) is 58.0 Å². The Balaban J connectivity index is 1.68. The first kappa shape index (κ1) is 15.5. The average Bonchev–Trinajstić information content (AvgIpc) is 3.00. The average molecular weight is 383 g/mol. The first-order valence-electron chi connectivity index (χ1n) is 6.89. The second-order valence-electron chi connectivity index (χ2n) is 5.02. The monoisotopic (exact) mass is 382 g/mol. The van der Waals surface area contributed by atoms with E-state index in [1.165, 1.54) is 4.31 Å². The summed E-state index contributed by atoms with van der Waals surface area (Å²) in [5.41, 5.74) is 0. The topological polar surface area (TPSA) is 59.5 Å². The molecule has 1 aromatic heterocycles. The number of hydrogen-bond acceptors (Lipinski definition) is 4. The van der Waals surface area contributed by atoms with Crippen molar-refractivity contribution in [3.63, 3.8) is 0 Å². The standard InChI is InChI=1S/C15H15BrN2O3S/c16-12-6-7-15(17-10-12)21-13-8-9-18(11-13)22(19,20)14-4-2-1-3-5-14/h1-7,10,13H,8-9,11H2. The fourth-order valence-corrected chi connectivity index (χ4v) is 4.10. The van der Waals surface area contributed by atoms with E-state index in [9.17, 15) is 8.42 Å². The van der Waals surface area contributed by atoms with Gasteiger partial charge in [-0.15, -0.1) is 0 Å². The summed E-state index contributed by atoms with van der Waals surface area (Å²) < 4.78 is 33.1. The maximum Gasteiger partial charge on any atom is 0.243 e. The molecule has 1 aromatic carbocycles. The smallest absolute Gasteiger partial charge is 0.243 e. The molecule has 0 saturated carbocycles. The Morgan fingerprint density at radius 2 is 1.95 bits per heavy atom. The fraction of sp³-hybridized carbons (Fsp3) is 0.267. The summed E-state index contributed by atoms with van der Waals surface area (Å²) in [4.78, 5) is 4.47. The van der Waals surface area contributed by atoms with Crippen molar-refractivity contribution in [2.75, 3.05) is 13.1 Å². The number of halogens is 1. The summed E-state index contributed by atoms with van der Waals surface area (Å²) in [6, 6.07) is 12.1. The molecule has 5 nitrogen and oxygen atoms in total. The van der Waals surface area contributed by atoms with Crippen LogP contribution in [-0.4, -0.2) is 36.9 Å². The highest BCUT2D eigenvalue weighted by Gasteiger charge is 2.33.